The number of para-hydroxylation sites is 1. The number of aromatic nitrogens is 1. The molecule has 0 unspecified atom stereocenters. The summed E-state index contributed by atoms with van der Waals surface area (Å²) in [6.45, 7) is 1.82. The number of aryl methyl sites for hydroxylation is 1. The Morgan fingerprint density at radius 1 is 0.963 bits per heavy atom. The number of anilines is 2. The molecule has 5 nitrogen and oxygen atoms in total. The number of nitrogens with one attached hydrogen (secondary N) is 2. The highest BCUT2D eigenvalue weighted by Crippen LogP contribution is 2.20. The highest BCUT2D eigenvalue weighted by Gasteiger charge is 2.14. The number of carbonyl (C=O) groups excluding carboxylic acids is 2. The molecule has 3 aromatic rings. The average Bonchev–Trinajstić information content (AvgIpc) is 2.66. The van der Waals surface area contributed by atoms with Crippen molar-refractivity contribution < 1.29 is 14.0 Å². The maximum absolute atomic E-state index is 13.7. The molecule has 136 valence electrons. The summed E-state index contributed by atoms with van der Waals surface area (Å²) >= 11 is 5.91. The number of hydrogen-bond acceptors (Lipinski definition) is 3. The third kappa shape index (κ3) is 4.48. The third-order valence-electron chi connectivity index (χ3n) is 3.81. The highest BCUT2D eigenvalue weighted by atomic mass is 35.5. The van der Waals surface area contributed by atoms with Gasteiger partial charge in [0.1, 0.15) is 11.5 Å². The van der Waals surface area contributed by atoms with Gasteiger partial charge in [-0.2, -0.15) is 0 Å². The van der Waals surface area contributed by atoms with E-state index in [2.05, 4.69) is 15.6 Å². The lowest BCUT2D eigenvalue weighted by Gasteiger charge is -2.10. The van der Waals surface area contributed by atoms with Gasteiger partial charge in [-0.3, -0.25) is 14.6 Å². The molecule has 7 heteroatoms. The van der Waals surface area contributed by atoms with E-state index in [4.69, 9.17) is 11.6 Å². The summed E-state index contributed by atoms with van der Waals surface area (Å²) in [4.78, 5) is 28.7. The molecule has 0 aliphatic heterocycles. The lowest BCUT2D eigenvalue weighted by Crippen LogP contribution is -2.17. The van der Waals surface area contributed by atoms with Crippen molar-refractivity contribution in [2.24, 2.45) is 0 Å². The molecule has 0 spiro atoms. The van der Waals surface area contributed by atoms with Gasteiger partial charge in [0.15, 0.2) is 0 Å². The smallest absolute Gasteiger partial charge is 0.274 e. The number of halogens is 2. The van der Waals surface area contributed by atoms with Gasteiger partial charge >= 0.3 is 0 Å². The molecule has 1 heterocycles. The first kappa shape index (κ1) is 18.5. The van der Waals surface area contributed by atoms with Crippen molar-refractivity contribution in [2.45, 2.75) is 6.92 Å². The molecule has 2 aromatic carbocycles. The lowest BCUT2D eigenvalue weighted by atomic mass is 10.1. The largest absolute Gasteiger partial charge is 0.322 e. The van der Waals surface area contributed by atoms with Crippen LogP contribution in [-0.4, -0.2) is 16.8 Å². The zero-order valence-electron chi connectivity index (χ0n) is 14.3. The van der Waals surface area contributed by atoms with Crippen molar-refractivity contribution in [2.75, 3.05) is 10.6 Å². The molecule has 0 saturated carbocycles. The average molecular weight is 384 g/mol. The van der Waals surface area contributed by atoms with Gasteiger partial charge in [0.25, 0.3) is 11.8 Å². The summed E-state index contributed by atoms with van der Waals surface area (Å²) < 4.78 is 13.7. The number of amides is 2. The monoisotopic (exact) mass is 383 g/mol. The van der Waals surface area contributed by atoms with Crippen molar-refractivity contribution in [3.63, 3.8) is 0 Å². The van der Waals surface area contributed by atoms with E-state index in [0.29, 0.717) is 10.7 Å². The number of carbonyl (C=O) groups is 2. The fraction of sp³-hybridized carbons (Fsp3) is 0.0500. The first-order valence-corrected chi connectivity index (χ1v) is 8.41. The number of hydrogen-bond donors (Lipinski definition) is 2. The first-order chi connectivity index (χ1) is 12.9. The van der Waals surface area contributed by atoms with Crippen LogP contribution in [0.15, 0.2) is 60.8 Å². The number of nitrogens with zero attached hydrogens (tertiary/aromatic N) is 1. The zero-order valence-corrected chi connectivity index (χ0v) is 15.0. The maximum Gasteiger partial charge on any atom is 0.274 e. The van der Waals surface area contributed by atoms with Crippen molar-refractivity contribution in [3.05, 3.63) is 88.5 Å². The second kappa shape index (κ2) is 7.97. The Morgan fingerprint density at radius 3 is 2.44 bits per heavy atom. The molecular formula is C20H15ClFN3O2. The standard InChI is InChI=1S/C20H15ClFN3O2/c1-12-10-14(21)6-7-16(12)24-19(26)13-8-9-23-18(11-13)20(27)25-17-5-3-2-4-15(17)22/h2-11H,1H3,(H,24,26)(H,25,27). The fourth-order valence-electron chi connectivity index (χ4n) is 2.41. The minimum atomic E-state index is -0.613. The lowest BCUT2D eigenvalue weighted by molar-refractivity contribution is 0.102. The summed E-state index contributed by atoms with van der Waals surface area (Å²) in [5.74, 6) is -1.57. The molecule has 0 atom stereocenters. The minimum absolute atomic E-state index is 0.00117. The van der Waals surface area contributed by atoms with Gasteiger partial charge < -0.3 is 10.6 Å². The summed E-state index contributed by atoms with van der Waals surface area (Å²) in [7, 11) is 0. The van der Waals surface area contributed by atoms with E-state index in [1.807, 2.05) is 6.92 Å². The molecular weight excluding hydrogens is 369 g/mol. The first-order valence-electron chi connectivity index (χ1n) is 8.03. The highest BCUT2D eigenvalue weighted by molar-refractivity contribution is 6.30. The van der Waals surface area contributed by atoms with Crippen LogP contribution in [0.2, 0.25) is 5.02 Å². The van der Waals surface area contributed by atoms with Crippen molar-refractivity contribution in [1.82, 2.24) is 4.98 Å². The Morgan fingerprint density at radius 2 is 1.70 bits per heavy atom. The zero-order chi connectivity index (χ0) is 19.4. The van der Waals surface area contributed by atoms with Crippen LogP contribution in [0, 0.1) is 12.7 Å². The molecule has 0 radical (unpaired) electrons. The molecule has 0 bridgehead atoms. The summed E-state index contributed by atoms with van der Waals surface area (Å²) in [5.41, 5.74) is 1.70. The van der Waals surface area contributed by atoms with E-state index in [1.165, 1.54) is 36.5 Å². The van der Waals surface area contributed by atoms with Crippen molar-refractivity contribution in [3.8, 4) is 0 Å². The van der Waals surface area contributed by atoms with Gasteiger partial charge in [-0.15, -0.1) is 0 Å². The Labute approximate surface area is 160 Å². The number of benzene rings is 2. The van der Waals surface area contributed by atoms with Crippen LogP contribution in [0.3, 0.4) is 0 Å². The molecule has 0 aliphatic carbocycles. The molecule has 27 heavy (non-hydrogen) atoms. The van der Waals surface area contributed by atoms with Crippen LogP contribution in [0.1, 0.15) is 26.4 Å². The van der Waals surface area contributed by atoms with Gasteiger partial charge in [0.2, 0.25) is 0 Å². The van der Waals surface area contributed by atoms with Gasteiger partial charge in [0, 0.05) is 22.5 Å². The Hall–Kier alpha value is -3.25. The third-order valence-corrected chi connectivity index (χ3v) is 4.05. The maximum atomic E-state index is 13.7. The second-order valence-electron chi connectivity index (χ2n) is 5.78. The molecule has 1 aromatic heterocycles. The Balaban J connectivity index is 1.77. The normalized spacial score (nSPS) is 10.3. The van der Waals surface area contributed by atoms with Gasteiger partial charge in [-0.1, -0.05) is 23.7 Å². The van der Waals surface area contributed by atoms with Crippen LogP contribution in [0.25, 0.3) is 0 Å². The second-order valence-corrected chi connectivity index (χ2v) is 6.21. The summed E-state index contributed by atoms with van der Waals surface area (Å²) in [5, 5.41) is 5.77. The molecule has 3 rings (SSSR count). The molecule has 0 aliphatic rings. The molecule has 0 fully saturated rings. The fourth-order valence-corrected chi connectivity index (χ4v) is 2.63. The predicted molar refractivity (Wildman–Crippen MR) is 103 cm³/mol. The minimum Gasteiger partial charge on any atom is -0.322 e. The molecule has 0 saturated heterocycles. The SMILES string of the molecule is Cc1cc(Cl)ccc1NC(=O)c1ccnc(C(=O)Nc2ccccc2F)c1. The van der Waals surface area contributed by atoms with Gasteiger partial charge in [0.05, 0.1) is 5.69 Å². The van der Waals surface area contributed by atoms with Crippen LogP contribution in [0.4, 0.5) is 15.8 Å². The quantitative estimate of drug-likeness (QED) is 0.686. The van der Waals surface area contributed by atoms with E-state index in [1.54, 1.807) is 24.3 Å². The van der Waals surface area contributed by atoms with E-state index < -0.39 is 17.6 Å². The van der Waals surface area contributed by atoms with Crippen LogP contribution in [0.5, 0.6) is 0 Å². The topological polar surface area (TPSA) is 71.1 Å². The molecule has 2 N–H and O–H groups in total. The summed E-state index contributed by atoms with van der Waals surface area (Å²) in [6, 6.07) is 13.7. The Kier molecular flexibility index (Phi) is 5.47. The Bertz CT molecular complexity index is 1020. The van der Waals surface area contributed by atoms with E-state index in [0.717, 1.165) is 5.56 Å². The van der Waals surface area contributed by atoms with Gasteiger partial charge in [-0.05, 0) is 55.0 Å². The van der Waals surface area contributed by atoms with Crippen LogP contribution >= 0.6 is 11.6 Å². The van der Waals surface area contributed by atoms with Crippen molar-refractivity contribution in [1.29, 1.82) is 0 Å². The number of pyridine rings is 1. The van der Waals surface area contributed by atoms with E-state index >= 15 is 0 Å². The summed E-state index contributed by atoms with van der Waals surface area (Å²) in [6.07, 6.45) is 1.35. The van der Waals surface area contributed by atoms with E-state index in [-0.39, 0.29) is 16.9 Å². The molecule has 2 amide bonds. The van der Waals surface area contributed by atoms with Gasteiger partial charge in [-0.25, -0.2) is 4.39 Å². The number of rotatable bonds is 4. The van der Waals surface area contributed by atoms with E-state index in [9.17, 15) is 14.0 Å². The van der Waals surface area contributed by atoms with Crippen LogP contribution in [-0.2, 0) is 0 Å². The predicted octanol–water partition coefficient (Wildman–Crippen LogP) is 4.69. The van der Waals surface area contributed by atoms with Crippen molar-refractivity contribution >= 4 is 34.8 Å². The van der Waals surface area contributed by atoms with Crippen LogP contribution < -0.4 is 10.6 Å².